The van der Waals surface area contributed by atoms with Crippen molar-refractivity contribution in [2.24, 2.45) is 0 Å². The van der Waals surface area contributed by atoms with E-state index in [2.05, 4.69) is 0 Å². The summed E-state index contributed by atoms with van der Waals surface area (Å²) in [5.41, 5.74) is -1.30. The first-order valence-electron chi connectivity index (χ1n) is 4.99. The van der Waals surface area contributed by atoms with Crippen LogP contribution in [-0.4, -0.2) is 42.2 Å². The molecule has 0 aliphatic heterocycles. The van der Waals surface area contributed by atoms with Gasteiger partial charge in [0.15, 0.2) is 4.90 Å². The van der Waals surface area contributed by atoms with Crippen LogP contribution in [0, 0.1) is 15.9 Å². The Morgan fingerprint density at radius 2 is 2.10 bits per heavy atom. The van der Waals surface area contributed by atoms with Gasteiger partial charge in [0.25, 0.3) is 0 Å². The Bertz CT molecular complexity index is 646. The molecular formula is C9H9FN2O7S. The standard InChI is InChI=1S/C9H9FN2O7S/c10-5-2-1-3-7(8(5)12(16)17)20(18,19)11-6(4-13)9(14)15/h1-3,6,11,13H,4H2,(H,14,15). The maximum Gasteiger partial charge on any atom is 0.324 e. The summed E-state index contributed by atoms with van der Waals surface area (Å²) in [5, 5.41) is 28.0. The fraction of sp³-hybridized carbons (Fsp3) is 0.222. The van der Waals surface area contributed by atoms with Crippen LogP contribution in [0.1, 0.15) is 0 Å². The van der Waals surface area contributed by atoms with E-state index in [4.69, 9.17) is 10.2 Å². The van der Waals surface area contributed by atoms with Crippen molar-refractivity contribution in [2.45, 2.75) is 10.9 Å². The first kappa shape index (κ1) is 15.9. The molecule has 11 heteroatoms. The van der Waals surface area contributed by atoms with E-state index in [1.54, 1.807) is 0 Å². The minimum absolute atomic E-state index is 0.692. The van der Waals surface area contributed by atoms with Gasteiger partial charge in [-0.05, 0) is 12.1 Å². The summed E-state index contributed by atoms with van der Waals surface area (Å²) in [6.07, 6.45) is 0. The van der Waals surface area contributed by atoms with Crippen molar-refractivity contribution >= 4 is 21.7 Å². The SMILES string of the molecule is O=C(O)C(CO)NS(=O)(=O)c1cccc(F)c1[N+](=O)[O-]. The molecule has 0 saturated carbocycles. The second-order valence-corrected chi connectivity index (χ2v) is 5.22. The van der Waals surface area contributed by atoms with Crippen molar-refractivity contribution in [3.8, 4) is 0 Å². The highest BCUT2D eigenvalue weighted by molar-refractivity contribution is 7.89. The van der Waals surface area contributed by atoms with Crippen LogP contribution in [0.5, 0.6) is 0 Å². The number of nitro benzene ring substituents is 1. The van der Waals surface area contributed by atoms with Crippen LogP contribution in [0.4, 0.5) is 10.1 Å². The monoisotopic (exact) mass is 308 g/mol. The Morgan fingerprint density at radius 1 is 1.50 bits per heavy atom. The van der Waals surface area contributed by atoms with Gasteiger partial charge in [0.2, 0.25) is 15.8 Å². The Balaban J connectivity index is 3.33. The lowest BCUT2D eigenvalue weighted by Gasteiger charge is -2.12. The molecule has 1 atom stereocenters. The highest BCUT2D eigenvalue weighted by Crippen LogP contribution is 2.26. The van der Waals surface area contributed by atoms with Crippen molar-refractivity contribution in [3.05, 3.63) is 34.1 Å². The number of benzene rings is 1. The number of nitrogens with one attached hydrogen (secondary N) is 1. The first-order chi connectivity index (χ1) is 9.20. The third-order valence-electron chi connectivity index (χ3n) is 2.20. The summed E-state index contributed by atoms with van der Waals surface area (Å²) in [4.78, 5) is 19.1. The molecule has 0 aliphatic carbocycles. The summed E-state index contributed by atoms with van der Waals surface area (Å²) in [6, 6.07) is 0.464. The van der Waals surface area contributed by atoms with E-state index in [1.807, 2.05) is 0 Å². The van der Waals surface area contributed by atoms with Crippen LogP contribution in [-0.2, 0) is 14.8 Å². The molecule has 0 aliphatic rings. The predicted molar refractivity (Wildman–Crippen MR) is 61.9 cm³/mol. The molecule has 0 saturated heterocycles. The molecule has 9 nitrogen and oxygen atoms in total. The minimum Gasteiger partial charge on any atom is -0.480 e. The average molecular weight is 308 g/mol. The van der Waals surface area contributed by atoms with Crippen LogP contribution < -0.4 is 4.72 Å². The normalized spacial score (nSPS) is 12.9. The summed E-state index contributed by atoms with van der Waals surface area (Å²) in [7, 11) is -4.69. The topological polar surface area (TPSA) is 147 Å². The van der Waals surface area contributed by atoms with Crippen LogP contribution >= 0.6 is 0 Å². The summed E-state index contributed by atoms with van der Waals surface area (Å²) in [5.74, 6) is -3.07. The third kappa shape index (κ3) is 3.26. The maximum absolute atomic E-state index is 13.3. The molecule has 1 aromatic carbocycles. The largest absolute Gasteiger partial charge is 0.480 e. The first-order valence-corrected chi connectivity index (χ1v) is 6.48. The van der Waals surface area contributed by atoms with E-state index in [9.17, 15) is 27.7 Å². The van der Waals surface area contributed by atoms with Gasteiger partial charge < -0.3 is 10.2 Å². The van der Waals surface area contributed by atoms with E-state index in [-0.39, 0.29) is 0 Å². The van der Waals surface area contributed by atoms with Gasteiger partial charge in [-0.25, -0.2) is 8.42 Å². The molecule has 0 radical (unpaired) electrons. The molecule has 0 aromatic heterocycles. The Morgan fingerprint density at radius 3 is 2.55 bits per heavy atom. The van der Waals surface area contributed by atoms with Gasteiger partial charge in [-0.2, -0.15) is 9.11 Å². The second-order valence-electron chi connectivity index (χ2n) is 3.54. The number of carboxylic acid groups (broad SMARTS) is 1. The van der Waals surface area contributed by atoms with Crippen molar-refractivity contribution in [1.29, 1.82) is 0 Å². The molecule has 1 aromatic rings. The Labute approximate surface area is 111 Å². The molecular weight excluding hydrogens is 299 g/mol. The molecule has 0 bridgehead atoms. The number of aliphatic hydroxyl groups is 1. The number of carboxylic acids is 1. The van der Waals surface area contributed by atoms with Crippen LogP contribution in [0.25, 0.3) is 0 Å². The van der Waals surface area contributed by atoms with Crippen molar-refractivity contribution in [2.75, 3.05) is 6.61 Å². The van der Waals surface area contributed by atoms with E-state index < -0.39 is 50.0 Å². The van der Waals surface area contributed by atoms with Crippen LogP contribution in [0.2, 0.25) is 0 Å². The average Bonchev–Trinajstić information content (AvgIpc) is 2.34. The molecule has 1 unspecified atom stereocenters. The number of rotatable bonds is 6. The number of nitrogens with zero attached hydrogens (tertiary/aromatic N) is 1. The van der Waals surface area contributed by atoms with Gasteiger partial charge in [0, 0.05) is 0 Å². The maximum atomic E-state index is 13.3. The van der Waals surface area contributed by atoms with Gasteiger partial charge in [-0.1, -0.05) is 6.07 Å². The smallest absolute Gasteiger partial charge is 0.324 e. The van der Waals surface area contributed by atoms with Crippen molar-refractivity contribution < 1.29 is 32.7 Å². The predicted octanol–water partition coefficient (Wildman–Crippen LogP) is -0.542. The summed E-state index contributed by atoms with van der Waals surface area (Å²) >= 11 is 0. The molecule has 1 rings (SSSR count). The van der Waals surface area contributed by atoms with Crippen LogP contribution in [0.15, 0.2) is 23.1 Å². The number of carbonyl (C=O) groups is 1. The van der Waals surface area contributed by atoms with E-state index >= 15 is 0 Å². The van der Waals surface area contributed by atoms with Crippen molar-refractivity contribution in [1.82, 2.24) is 4.72 Å². The lowest BCUT2D eigenvalue weighted by molar-refractivity contribution is -0.390. The zero-order chi connectivity index (χ0) is 15.5. The Kier molecular flexibility index (Phi) is 4.70. The van der Waals surface area contributed by atoms with E-state index in [0.29, 0.717) is 6.07 Å². The molecule has 0 amide bonds. The lowest BCUT2D eigenvalue weighted by Crippen LogP contribution is -2.43. The van der Waals surface area contributed by atoms with Crippen molar-refractivity contribution in [3.63, 3.8) is 0 Å². The van der Waals surface area contributed by atoms with E-state index in [1.165, 1.54) is 4.72 Å². The molecule has 20 heavy (non-hydrogen) atoms. The number of aliphatic carboxylic acids is 1. The van der Waals surface area contributed by atoms with E-state index in [0.717, 1.165) is 12.1 Å². The fourth-order valence-electron chi connectivity index (χ4n) is 1.31. The molecule has 0 spiro atoms. The summed E-state index contributed by atoms with van der Waals surface area (Å²) < 4.78 is 38.5. The zero-order valence-electron chi connectivity index (χ0n) is 9.69. The minimum atomic E-state index is -4.69. The fourth-order valence-corrected chi connectivity index (χ4v) is 2.67. The number of halogens is 1. The van der Waals surface area contributed by atoms with Gasteiger partial charge in [-0.15, -0.1) is 0 Å². The second kappa shape index (κ2) is 5.90. The Hall–Kier alpha value is -2.11. The third-order valence-corrected chi connectivity index (χ3v) is 3.70. The number of hydrogen-bond acceptors (Lipinski definition) is 6. The quantitative estimate of drug-likeness (QED) is 0.472. The number of nitro groups is 1. The number of sulfonamides is 1. The highest BCUT2D eigenvalue weighted by Gasteiger charge is 2.32. The van der Waals surface area contributed by atoms with Gasteiger partial charge in [0.1, 0.15) is 6.04 Å². The molecule has 110 valence electrons. The molecule has 3 N–H and O–H groups in total. The molecule has 0 heterocycles. The lowest BCUT2D eigenvalue weighted by atomic mass is 10.3. The zero-order valence-corrected chi connectivity index (χ0v) is 10.5. The van der Waals surface area contributed by atoms with Gasteiger partial charge in [-0.3, -0.25) is 14.9 Å². The van der Waals surface area contributed by atoms with Gasteiger partial charge >= 0.3 is 11.7 Å². The number of hydrogen-bond donors (Lipinski definition) is 3. The molecule has 0 fully saturated rings. The van der Waals surface area contributed by atoms with Gasteiger partial charge in [0.05, 0.1) is 11.5 Å². The summed E-state index contributed by atoms with van der Waals surface area (Å²) in [6.45, 7) is -1.07. The number of para-hydroxylation sites is 1. The number of aliphatic hydroxyl groups excluding tert-OH is 1. The van der Waals surface area contributed by atoms with Crippen LogP contribution in [0.3, 0.4) is 0 Å². The highest BCUT2D eigenvalue weighted by atomic mass is 32.2.